The number of hydrogen-bond donors (Lipinski definition) is 2. The maximum Gasteiger partial charge on any atom is 0.304 e. The summed E-state index contributed by atoms with van der Waals surface area (Å²) in [5, 5.41) is 8.61. The molecule has 2 N–H and O–H groups in total. The van der Waals surface area contributed by atoms with Crippen LogP contribution in [0.2, 0.25) is 0 Å². The molecule has 0 aliphatic rings. The Bertz CT molecular complexity index is 1090. The monoisotopic (exact) mass is 415 g/mol. The van der Waals surface area contributed by atoms with Crippen LogP contribution in [0.1, 0.15) is 6.42 Å². The highest BCUT2D eigenvalue weighted by molar-refractivity contribution is 7.89. The third-order valence-corrected chi connectivity index (χ3v) is 5.69. The van der Waals surface area contributed by atoms with Gasteiger partial charge in [0.25, 0.3) is 0 Å². The third-order valence-electron chi connectivity index (χ3n) is 4.22. The van der Waals surface area contributed by atoms with Gasteiger partial charge in [0.15, 0.2) is 5.76 Å². The molecule has 9 heteroatoms. The first kappa shape index (κ1) is 20.6. The first-order chi connectivity index (χ1) is 13.8. The number of rotatable bonds is 8. The predicted octanol–water partition coefficient (Wildman–Crippen LogP) is 2.83. The van der Waals surface area contributed by atoms with Crippen LogP contribution in [0.5, 0.6) is 0 Å². The summed E-state index contributed by atoms with van der Waals surface area (Å²) in [7, 11) is 0.159. The molecule has 0 aliphatic heterocycles. The largest absolute Gasteiger partial charge is 0.481 e. The molecule has 3 aromatic rings. The molecule has 152 valence electrons. The Kier molecular flexibility index (Phi) is 6.00. The number of carboxylic acid groups (broad SMARTS) is 1. The van der Waals surface area contributed by atoms with Crippen LogP contribution in [0, 0.1) is 0 Å². The summed E-state index contributed by atoms with van der Waals surface area (Å²) >= 11 is 0. The third kappa shape index (κ3) is 5.01. The minimum Gasteiger partial charge on any atom is -0.481 e. The van der Waals surface area contributed by atoms with E-state index in [2.05, 4.69) is 9.71 Å². The van der Waals surface area contributed by atoms with Crippen molar-refractivity contribution in [1.29, 1.82) is 0 Å². The van der Waals surface area contributed by atoms with E-state index in [0.717, 1.165) is 11.3 Å². The summed E-state index contributed by atoms with van der Waals surface area (Å²) in [4.78, 5) is 16.8. The van der Waals surface area contributed by atoms with Crippen molar-refractivity contribution in [2.75, 3.05) is 25.5 Å². The second-order valence-corrected chi connectivity index (χ2v) is 8.30. The number of oxazole rings is 1. The average Bonchev–Trinajstić information content (AvgIpc) is 3.18. The molecule has 0 amide bonds. The number of hydrogen-bond acceptors (Lipinski definition) is 6. The van der Waals surface area contributed by atoms with Gasteiger partial charge >= 0.3 is 5.97 Å². The minimum atomic E-state index is -3.77. The summed E-state index contributed by atoms with van der Waals surface area (Å²) in [6.45, 7) is -0.171. The lowest BCUT2D eigenvalue weighted by Crippen LogP contribution is -2.26. The maximum atomic E-state index is 12.2. The molecule has 2 aromatic carbocycles. The molecule has 3 rings (SSSR count). The molecule has 0 bridgehead atoms. The zero-order chi connectivity index (χ0) is 21.0. The number of anilines is 1. The van der Waals surface area contributed by atoms with E-state index in [0.29, 0.717) is 17.2 Å². The van der Waals surface area contributed by atoms with E-state index in [1.807, 2.05) is 43.3 Å². The number of sulfonamides is 1. The Morgan fingerprint density at radius 3 is 2.28 bits per heavy atom. The fraction of sp³-hybridized carbons (Fsp3) is 0.200. The van der Waals surface area contributed by atoms with Crippen LogP contribution in [0.15, 0.2) is 64.0 Å². The minimum absolute atomic E-state index is 0.0395. The Labute approximate surface area is 168 Å². The van der Waals surface area contributed by atoms with Crippen molar-refractivity contribution in [3.8, 4) is 22.8 Å². The maximum absolute atomic E-state index is 12.2. The summed E-state index contributed by atoms with van der Waals surface area (Å²) < 4.78 is 32.4. The number of aliphatic carboxylic acids is 1. The van der Waals surface area contributed by atoms with Crippen molar-refractivity contribution in [2.45, 2.75) is 11.3 Å². The molecule has 1 heterocycles. The molecule has 0 unspecified atom stereocenters. The van der Waals surface area contributed by atoms with Crippen LogP contribution in [-0.2, 0) is 14.8 Å². The van der Waals surface area contributed by atoms with Gasteiger partial charge in [-0.2, -0.15) is 0 Å². The quantitative estimate of drug-likeness (QED) is 0.582. The van der Waals surface area contributed by atoms with Crippen molar-refractivity contribution < 1.29 is 22.7 Å². The highest BCUT2D eigenvalue weighted by Gasteiger charge is 2.15. The summed E-state index contributed by atoms with van der Waals surface area (Å²) in [6, 6.07) is 13.9. The Morgan fingerprint density at radius 1 is 1.07 bits per heavy atom. The first-order valence-electron chi connectivity index (χ1n) is 8.82. The Morgan fingerprint density at radius 2 is 1.69 bits per heavy atom. The lowest BCUT2D eigenvalue weighted by atomic mass is 10.1. The molecule has 8 nitrogen and oxygen atoms in total. The van der Waals surface area contributed by atoms with Gasteiger partial charge in [-0.3, -0.25) is 4.79 Å². The number of carbonyl (C=O) groups is 1. The molecule has 0 fully saturated rings. The van der Waals surface area contributed by atoms with Gasteiger partial charge < -0.3 is 14.4 Å². The zero-order valence-electron chi connectivity index (χ0n) is 16.0. The van der Waals surface area contributed by atoms with Gasteiger partial charge in [-0.15, -0.1) is 0 Å². The molecule has 0 saturated carbocycles. The van der Waals surface area contributed by atoms with E-state index >= 15 is 0 Å². The Balaban J connectivity index is 1.74. The first-order valence-corrected chi connectivity index (χ1v) is 10.3. The van der Waals surface area contributed by atoms with Crippen LogP contribution in [0.4, 0.5) is 5.69 Å². The van der Waals surface area contributed by atoms with Crippen molar-refractivity contribution in [2.24, 2.45) is 0 Å². The highest BCUT2D eigenvalue weighted by Crippen LogP contribution is 2.28. The van der Waals surface area contributed by atoms with Gasteiger partial charge in [-0.25, -0.2) is 18.1 Å². The lowest BCUT2D eigenvalue weighted by Gasteiger charge is -2.11. The summed E-state index contributed by atoms with van der Waals surface area (Å²) in [5.41, 5.74) is 2.59. The molecule has 0 saturated heterocycles. The molecule has 0 spiro atoms. The molecular formula is C20H21N3O5S. The van der Waals surface area contributed by atoms with Crippen molar-refractivity contribution in [3.63, 3.8) is 0 Å². The second-order valence-electron chi connectivity index (χ2n) is 6.54. The molecule has 0 radical (unpaired) electrons. The smallest absolute Gasteiger partial charge is 0.304 e. The predicted molar refractivity (Wildman–Crippen MR) is 109 cm³/mol. The normalized spacial score (nSPS) is 11.4. The molecule has 29 heavy (non-hydrogen) atoms. The van der Waals surface area contributed by atoms with Crippen molar-refractivity contribution >= 4 is 21.7 Å². The van der Waals surface area contributed by atoms with Crippen LogP contribution in [-0.4, -0.2) is 45.1 Å². The standard InChI is InChI=1S/C20H21N3O5S/c1-23(2)16-7-3-14(4-8-16)18-13-21-20(28-18)15-5-9-17(10-6-15)29(26,27)22-12-11-19(24)25/h3-10,13,22H,11-12H2,1-2H3,(H,24,25). The van der Waals surface area contributed by atoms with Crippen LogP contribution >= 0.6 is 0 Å². The van der Waals surface area contributed by atoms with Crippen LogP contribution < -0.4 is 9.62 Å². The van der Waals surface area contributed by atoms with Crippen LogP contribution in [0.3, 0.4) is 0 Å². The second kappa shape index (κ2) is 8.46. The Hall–Kier alpha value is -3.17. The fourth-order valence-electron chi connectivity index (χ4n) is 2.62. The van der Waals surface area contributed by atoms with Gasteiger partial charge in [-0.1, -0.05) is 0 Å². The highest BCUT2D eigenvalue weighted by atomic mass is 32.2. The van der Waals surface area contributed by atoms with E-state index in [1.54, 1.807) is 18.3 Å². The number of carboxylic acids is 1. The van der Waals surface area contributed by atoms with E-state index in [1.165, 1.54) is 12.1 Å². The van der Waals surface area contributed by atoms with E-state index in [9.17, 15) is 13.2 Å². The van der Waals surface area contributed by atoms with E-state index < -0.39 is 16.0 Å². The van der Waals surface area contributed by atoms with Crippen molar-refractivity contribution in [3.05, 3.63) is 54.7 Å². The van der Waals surface area contributed by atoms with Gasteiger partial charge in [0.2, 0.25) is 15.9 Å². The lowest BCUT2D eigenvalue weighted by molar-refractivity contribution is -0.136. The topological polar surface area (TPSA) is 113 Å². The molecule has 1 aromatic heterocycles. The summed E-state index contributed by atoms with van der Waals surface area (Å²) in [5.74, 6) is -0.0871. The van der Waals surface area contributed by atoms with Gasteiger partial charge in [0.1, 0.15) is 0 Å². The van der Waals surface area contributed by atoms with Gasteiger partial charge in [0.05, 0.1) is 17.5 Å². The van der Waals surface area contributed by atoms with Gasteiger partial charge in [0, 0.05) is 37.5 Å². The van der Waals surface area contributed by atoms with Crippen LogP contribution in [0.25, 0.3) is 22.8 Å². The molecule has 0 aliphatic carbocycles. The number of nitrogens with one attached hydrogen (secondary N) is 1. The van der Waals surface area contributed by atoms with Gasteiger partial charge in [-0.05, 0) is 48.5 Å². The molecular weight excluding hydrogens is 394 g/mol. The zero-order valence-corrected chi connectivity index (χ0v) is 16.8. The SMILES string of the molecule is CN(C)c1ccc(-c2cnc(-c3ccc(S(=O)(=O)NCCC(=O)O)cc3)o2)cc1. The number of aromatic nitrogens is 1. The fourth-order valence-corrected chi connectivity index (χ4v) is 3.65. The number of nitrogens with zero attached hydrogens (tertiary/aromatic N) is 2. The number of benzene rings is 2. The summed E-state index contributed by atoms with van der Waals surface area (Å²) in [6.07, 6.45) is 1.34. The van der Waals surface area contributed by atoms with E-state index in [4.69, 9.17) is 9.52 Å². The van der Waals surface area contributed by atoms with Crippen molar-refractivity contribution in [1.82, 2.24) is 9.71 Å². The average molecular weight is 415 g/mol. The van der Waals surface area contributed by atoms with E-state index in [-0.39, 0.29) is 17.9 Å². The molecule has 0 atom stereocenters.